The molecule has 3 rings (SSSR count). The van der Waals surface area contributed by atoms with Crippen LogP contribution >= 0.6 is 15.9 Å². The first-order chi connectivity index (χ1) is 13.7. The molecule has 164 valence electrons. The Morgan fingerprint density at radius 1 is 0.828 bits per heavy atom. The number of hydrogen-bond acceptors (Lipinski definition) is 6. The van der Waals surface area contributed by atoms with E-state index in [2.05, 4.69) is 15.9 Å². The molecule has 0 bridgehead atoms. The van der Waals surface area contributed by atoms with Gasteiger partial charge in [0, 0.05) is 44.9 Å². The van der Waals surface area contributed by atoms with Gasteiger partial charge in [0.15, 0.2) is 0 Å². The van der Waals surface area contributed by atoms with Crippen LogP contribution in [0.3, 0.4) is 0 Å². The molecule has 1 aromatic carbocycles. The van der Waals surface area contributed by atoms with Gasteiger partial charge in [-0.3, -0.25) is 0 Å². The van der Waals surface area contributed by atoms with Crippen LogP contribution in [0.5, 0.6) is 0 Å². The normalized spacial score (nSPS) is 21.5. The van der Waals surface area contributed by atoms with E-state index in [0.29, 0.717) is 51.9 Å². The molecule has 2 heterocycles. The first-order valence-corrected chi connectivity index (χ1v) is 13.2. The van der Waals surface area contributed by atoms with Crippen LogP contribution in [0.25, 0.3) is 0 Å². The number of benzene rings is 1. The average Bonchev–Trinajstić information content (AvgIpc) is 2.73. The highest BCUT2D eigenvalue weighted by molar-refractivity contribution is 9.10. The third-order valence-electron chi connectivity index (χ3n) is 5.63. The zero-order valence-corrected chi connectivity index (χ0v) is 19.8. The van der Waals surface area contributed by atoms with Crippen molar-refractivity contribution in [2.24, 2.45) is 0 Å². The van der Waals surface area contributed by atoms with Gasteiger partial charge < -0.3 is 9.47 Å². The van der Waals surface area contributed by atoms with E-state index >= 15 is 0 Å². The third kappa shape index (κ3) is 4.86. The zero-order chi connectivity index (χ0) is 21.2. The minimum absolute atomic E-state index is 0.0691. The van der Waals surface area contributed by atoms with Crippen molar-refractivity contribution in [3.05, 3.63) is 22.7 Å². The van der Waals surface area contributed by atoms with E-state index in [1.54, 1.807) is 14.2 Å². The van der Waals surface area contributed by atoms with Crippen molar-refractivity contribution in [3.63, 3.8) is 0 Å². The fourth-order valence-corrected chi connectivity index (χ4v) is 7.91. The second kappa shape index (κ2) is 9.29. The Morgan fingerprint density at radius 2 is 1.28 bits per heavy atom. The SMILES string of the molecule is COC1CCN(S(=O)(=O)c2ccc(S(=O)(=O)N3CCC(OC)CC3)c(Br)c2)CC1. The highest BCUT2D eigenvalue weighted by Gasteiger charge is 2.33. The highest BCUT2D eigenvalue weighted by atomic mass is 79.9. The van der Waals surface area contributed by atoms with E-state index in [9.17, 15) is 16.8 Å². The number of rotatable bonds is 6. The Morgan fingerprint density at radius 3 is 1.69 bits per heavy atom. The quantitative estimate of drug-likeness (QED) is 0.581. The van der Waals surface area contributed by atoms with Crippen molar-refractivity contribution in [1.29, 1.82) is 0 Å². The Balaban J connectivity index is 1.79. The minimum Gasteiger partial charge on any atom is -0.381 e. The second-order valence-electron chi connectivity index (χ2n) is 7.27. The summed E-state index contributed by atoms with van der Waals surface area (Å²) in [5, 5.41) is 0. The fourth-order valence-electron chi connectivity index (χ4n) is 3.76. The Kier molecular flexibility index (Phi) is 7.40. The first-order valence-electron chi connectivity index (χ1n) is 9.55. The van der Waals surface area contributed by atoms with Gasteiger partial charge in [0.2, 0.25) is 20.0 Å². The lowest BCUT2D eigenvalue weighted by Crippen LogP contribution is -2.41. The van der Waals surface area contributed by atoms with Crippen LogP contribution in [0.4, 0.5) is 0 Å². The van der Waals surface area contributed by atoms with Crippen LogP contribution < -0.4 is 0 Å². The standard InChI is InChI=1S/C18H27BrN2O6S2/c1-26-14-5-9-20(10-6-14)28(22,23)16-3-4-18(17(19)13-16)29(24,25)21-11-7-15(27-2)8-12-21/h3-4,13-15H,5-12H2,1-2H3. The summed E-state index contributed by atoms with van der Waals surface area (Å²) in [4.78, 5) is 0.155. The zero-order valence-electron chi connectivity index (χ0n) is 16.6. The molecule has 0 N–H and O–H groups in total. The molecule has 29 heavy (non-hydrogen) atoms. The fraction of sp³-hybridized carbons (Fsp3) is 0.667. The summed E-state index contributed by atoms with van der Waals surface area (Å²) in [6.45, 7) is 1.52. The summed E-state index contributed by atoms with van der Waals surface area (Å²) in [6, 6.07) is 4.13. The summed E-state index contributed by atoms with van der Waals surface area (Å²) in [7, 11) is -4.15. The maximum absolute atomic E-state index is 13.0. The molecule has 0 aliphatic carbocycles. The smallest absolute Gasteiger partial charge is 0.244 e. The predicted octanol–water partition coefficient (Wildman–Crippen LogP) is 2.05. The minimum atomic E-state index is -3.72. The van der Waals surface area contributed by atoms with Gasteiger partial charge in [0.05, 0.1) is 22.0 Å². The van der Waals surface area contributed by atoms with Crippen molar-refractivity contribution in [2.45, 2.75) is 47.7 Å². The molecule has 8 nitrogen and oxygen atoms in total. The number of piperidine rings is 2. The van der Waals surface area contributed by atoms with E-state index in [-0.39, 0.29) is 26.5 Å². The molecule has 0 radical (unpaired) electrons. The molecule has 1 aromatic rings. The number of ether oxygens (including phenoxy) is 2. The lowest BCUT2D eigenvalue weighted by atomic mass is 10.1. The van der Waals surface area contributed by atoms with Gasteiger partial charge in [-0.1, -0.05) is 0 Å². The molecule has 11 heteroatoms. The monoisotopic (exact) mass is 510 g/mol. The van der Waals surface area contributed by atoms with Crippen molar-refractivity contribution in [2.75, 3.05) is 40.4 Å². The van der Waals surface area contributed by atoms with Crippen LogP contribution in [0.1, 0.15) is 25.7 Å². The van der Waals surface area contributed by atoms with E-state index in [0.717, 1.165) is 0 Å². The van der Waals surface area contributed by atoms with Crippen molar-refractivity contribution < 1.29 is 26.3 Å². The van der Waals surface area contributed by atoms with Gasteiger partial charge in [-0.15, -0.1) is 0 Å². The van der Waals surface area contributed by atoms with Gasteiger partial charge in [0.1, 0.15) is 0 Å². The maximum atomic E-state index is 13.0. The number of halogens is 1. The van der Waals surface area contributed by atoms with Crippen LogP contribution in [0, 0.1) is 0 Å². The lowest BCUT2D eigenvalue weighted by molar-refractivity contribution is 0.0602. The average molecular weight is 511 g/mol. The van der Waals surface area contributed by atoms with E-state index in [1.165, 1.54) is 26.8 Å². The van der Waals surface area contributed by atoms with Crippen LogP contribution in [-0.4, -0.2) is 78.1 Å². The highest BCUT2D eigenvalue weighted by Crippen LogP contribution is 2.31. The third-order valence-corrected chi connectivity index (χ3v) is 10.4. The topological polar surface area (TPSA) is 93.2 Å². The molecule has 2 saturated heterocycles. The first kappa shape index (κ1) is 23.1. The summed E-state index contributed by atoms with van der Waals surface area (Å²) >= 11 is 3.28. The van der Waals surface area contributed by atoms with E-state index in [1.807, 2.05) is 0 Å². The van der Waals surface area contributed by atoms with Gasteiger partial charge >= 0.3 is 0 Å². The molecule has 0 unspecified atom stereocenters. The Labute approximate surface area is 181 Å². The van der Waals surface area contributed by atoms with Crippen LogP contribution in [0.15, 0.2) is 32.5 Å². The van der Waals surface area contributed by atoms with Crippen LogP contribution in [-0.2, 0) is 29.5 Å². The molecule has 0 atom stereocenters. The number of nitrogens with zero attached hydrogens (tertiary/aromatic N) is 2. The van der Waals surface area contributed by atoms with E-state index in [4.69, 9.17) is 9.47 Å². The number of hydrogen-bond donors (Lipinski definition) is 0. The Hall–Kier alpha value is -0.560. The molecule has 2 fully saturated rings. The summed E-state index contributed by atoms with van der Waals surface area (Å²) in [5.41, 5.74) is 0. The summed E-state index contributed by atoms with van der Waals surface area (Å²) < 4.78 is 65.6. The number of methoxy groups -OCH3 is 2. The van der Waals surface area contributed by atoms with Gasteiger partial charge in [-0.05, 0) is 59.8 Å². The Bertz CT molecular complexity index is 922. The lowest BCUT2D eigenvalue weighted by Gasteiger charge is -2.31. The molecule has 0 aromatic heterocycles. The molecule has 2 aliphatic heterocycles. The van der Waals surface area contributed by atoms with Crippen molar-refractivity contribution in [3.8, 4) is 0 Å². The molecule has 2 aliphatic rings. The molecular formula is C18H27BrN2O6S2. The second-order valence-corrected chi connectivity index (χ2v) is 12.0. The van der Waals surface area contributed by atoms with Crippen molar-refractivity contribution in [1.82, 2.24) is 8.61 Å². The summed E-state index contributed by atoms with van der Waals surface area (Å²) in [6.07, 6.45) is 2.69. The van der Waals surface area contributed by atoms with Gasteiger partial charge in [-0.25, -0.2) is 16.8 Å². The van der Waals surface area contributed by atoms with Crippen LogP contribution in [0.2, 0.25) is 0 Å². The largest absolute Gasteiger partial charge is 0.381 e. The van der Waals surface area contributed by atoms with Gasteiger partial charge in [-0.2, -0.15) is 8.61 Å². The predicted molar refractivity (Wildman–Crippen MR) is 112 cm³/mol. The van der Waals surface area contributed by atoms with Gasteiger partial charge in [0.25, 0.3) is 0 Å². The molecular weight excluding hydrogens is 484 g/mol. The molecule has 0 amide bonds. The number of sulfonamides is 2. The summed E-state index contributed by atoms with van der Waals surface area (Å²) in [5.74, 6) is 0. The molecule has 0 saturated carbocycles. The van der Waals surface area contributed by atoms with E-state index < -0.39 is 20.0 Å². The maximum Gasteiger partial charge on any atom is 0.244 e. The molecule has 0 spiro atoms. The van der Waals surface area contributed by atoms with Crippen molar-refractivity contribution >= 4 is 36.0 Å².